The Bertz CT molecular complexity index is 554. The number of nitrogens with zero attached hydrogens (tertiary/aromatic N) is 3. The molecule has 0 spiro atoms. The molecule has 4 nitrogen and oxygen atoms in total. The van der Waals surface area contributed by atoms with Gasteiger partial charge in [-0.2, -0.15) is 5.10 Å². The molecular weight excluding hydrogens is 226 g/mol. The summed E-state index contributed by atoms with van der Waals surface area (Å²) in [5.74, 6) is -0.0464. The van der Waals surface area contributed by atoms with Crippen molar-refractivity contribution in [2.45, 2.75) is 0 Å². The zero-order valence-electron chi connectivity index (χ0n) is 8.94. The monoisotopic (exact) mass is 235 g/mol. The Hall–Kier alpha value is -1.68. The van der Waals surface area contributed by atoms with Crippen LogP contribution in [0.4, 0.5) is 0 Å². The fourth-order valence-electron chi connectivity index (χ4n) is 1.44. The van der Waals surface area contributed by atoms with Gasteiger partial charge in [-0.3, -0.25) is 4.79 Å². The van der Waals surface area contributed by atoms with Crippen molar-refractivity contribution in [1.29, 1.82) is 0 Å². The van der Waals surface area contributed by atoms with Crippen molar-refractivity contribution in [1.82, 2.24) is 15.1 Å². The van der Waals surface area contributed by atoms with Crippen molar-refractivity contribution in [3.8, 4) is 0 Å². The number of halogens is 1. The van der Waals surface area contributed by atoms with Crippen molar-refractivity contribution in [2.75, 3.05) is 14.1 Å². The predicted molar refractivity (Wildman–Crippen MR) is 62.6 cm³/mol. The summed E-state index contributed by atoms with van der Waals surface area (Å²) in [4.78, 5) is 13.3. The van der Waals surface area contributed by atoms with Crippen molar-refractivity contribution in [3.63, 3.8) is 0 Å². The molecule has 0 fully saturated rings. The number of amides is 1. The van der Waals surface area contributed by atoms with E-state index in [0.29, 0.717) is 10.7 Å². The summed E-state index contributed by atoms with van der Waals surface area (Å²) in [6.45, 7) is 0. The van der Waals surface area contributed by atoms with E-state index in [9.17, 15) is 4.79 Å². The average Bonchev–Trinajstić information content (AvgIpc) is 2.28. The molecule has 0 aliphatic rings. The van der Waals surface area contributed by atoms with Crippen molar-refractivity contribution < 1.29 is 4.79 Å². The van der Waals surface area contributed by atoms with E-state index in [4.69, 9.17) is 11.6 Å². The highest BCUT2D eigenvalue weighted by molar-refractivity contribution is 6.34. The fourth-order valence-corrected chi connectivity index (χ4v) is 1.66. The maximum atomic E-state index is 11.7. The first-order chi connectivity index (χ1) is 7.59. The lowest BCUT2D eigenvalue weighted by molar-refractivity contribution is 0.0828. The summed E-state index contributed by atoms with van der Waals surface area (Å²) in [5, 5.41) is 9.45. The Morgan fingerprint density at radius 3 is 2.81 bits per heavy atom. The van der Waals surface area contributed by atoms with E-state index < -0.39 is 0 Å². The van der Waals surface area contributed by atoms with Gasteiger partial charge in [0, 0.05) is 30.4 Å². The minimum absolute atomic E-state index is 0.0464. The lowest BCUT2D eigenvalue weighted by atomic mass is 10.1. The highest BCUT2D eigenvalue weighted by Gasteiger charge is 2.09. The molecule has 0 bridgehead atoms. The Labute approximate surface area is 97.8 Å². The summed E-state index contributed by atoms with van der Waals surface area (Å²) in [7, 11) is 3.43. The van der Waals surface area contributed by atoms with Crippen LogP contribution in [0.2, 0.25) is 5.15 Å². The standard InChI is InChI=1S/C11H10ClN3O/c1-15(2)11(16)7-3-4-9-8(5-7)6-13-14-10(9)12/h3-6H,1-2H3. The van der Waals surface area contributed by atoms with Gasteiger partial charge in [0.25, 0.3) is 5.91 Å². The predicted octanol–water partition coefficient (Wildman–Crippen LogP) is 1.98. The second-order valence-corrected chi connectivity index (χ2v) is 4.00. The summed E-state index contributed by atoms with van der Waals surface area (Å²) in [6.07, 6.45) is 1.59. The van der Waals surface area contributed by atoms with E-state index in [2.05, 4.69) is 10.2 Å². The molecule has 1 aromatic heterocycles. The molecule has 16 heavy (non-hydrogen) atoms. The lowest BCUT2D eigenvalue weighted by Crippen LogP contribution is -2.21. The summed E-state index contributed by atoms with van der Waals surface area (Å²) < 4.78 is 0. The summed E-state index contributed by atoms with van der Waals surface area (Å²) >= 11 is 5.88. The maximum Gasteiger partial charge on any atom is 0.253 e. The van der Waals surface area contributed by atoms with Crippen LogP contribution in [0.25, 0.3) is 10.8 Å². The number of carbonyl (C=O) groups is 1. The number of hydrogen-bond acceptors (Lipinski definition) is 3. The second-order valence-electron chi connectivity index (χ2n) is 3.64. The van der Waals surface area contributed by atoms with Gasteiger partial charge in [0.2, 0.25) is 0 Å². The van der Waals surface area contributed by atoms with Gasteiger partial charge in [0.15, 0.2) is 5.15 Å². The van der Waals surface area contributed by atoms with Crippen LogP contribution in [0.1, 0.15) is 10.4 Å². The number of carbonyl (C=O) groups excluding carboxylic acids is 1. The molecule has 0 saturated carbocycles. The molecule has 0 atom stereocenters. The van der Waals surface area contributed by atoms with Gasteiger partial charge in [-0.15, -0.1) is 5.10 Å². The van der Waals surface area contributed by atoms with E-state index in [-0.39, 0.29) is 5.91 Å². The van der Waals surface area contributed by atoms with Gasteiger partial charge in [-0.05, 0) is 12.1 Å². The van der Waals surface area contributed by atoms with Crippen LogP contribution in [0, 0.1) is 0 Å². The van der Waals surface area contributed by atoms with Gasteiger partial charge in [0.05, 0.1) is 6.20 Å². The van der Waals surface area contributed by atoms with E-state index in [1.165, 1.54) is 4.90 Å². The SMILES string of the molecule is CN(C)C(=O)c1ccc2c(Cl)nncc2c1. The third-order valence-electron chi connectivity index (χ3n) is 2.27. The molecular formula is C11H10ClN3O. The Balaban J connectivity index is 2.57. The van der Waals surface area contributed by atoms with E-state index in [1.807, 2.05) is 0 Å². The van der Waals surface area contributed by atoms with Crippen LogP contribution in [0.15, 0.2) is 24.4 Å². The summed E-state index contributed by atoms with van der Waals surface area (Å²) in [5.41, 5.74) is 0.613. The van der Waals surface area contributed by atoms with E-state index in [1.54, 1.807) is 38.5 Å². The smallest absolute Gasteiger partial charge is 0.253 e. The molecule has 1 amide bonds. The van der Waals surface area contributed by atoms with E-state index in [0.717, 1.165) is 10.8 Å². The van der Waals surface area contributed by atoms with Crippen LogP contribution >= 0.6 is 11.6 Å². The number of benzene rings is 1. The molecule has 82 valence electrons. The van der Waals surface area contributed by atoms with Gasteiger partial charge in [0.1, 0.15) is 0 Å². The third-order valence-corrected chi connectivity index (χ3v) is 2.55. The number of aromatic nitrogens is 2. The molecule has 0 unspecified atom stereocenters. The second kappa shape index (κ2) is 4.06. The molecule has 1 heterocycles. The Kier molecular flexibility index (Phi) is 2.75. The minimum Gasteiger partial charge on any atom is -0.345 e. The molecule has 0 saturated heterocycles. The van der Waals surface area contributed by atoms with Gasteiger partial charge in [-0.25, -0.2) is 0 Å². The van der Waals surface area contributed by atoms with Gasteiger partial charge >= 0.3 is 0 Å². The highest BCUT2D eigenvalue weighted by atomic mass is 35.5. The average molecular weight is 236 g/mol. The Morgan fingerprint density at radius 1 is 1.38 bits per heavy atom. The molecule has 0 radical (unpaired) electrons. The molecule has 0 aliphatic carbocycles. The number of rotatable bonds is 1. The maximum absolute atomic E-state index is 11.7. The van der Waals surface area contributed by atoms with Crippen molar-refractivity contribution in [2.24, 2.45) is 0 Å². The van der Waals surface area contributed by atoms with E-state index >= 15 is 0 Å². The van der Waals surface area contributed by atoms with Crippen molar-refractivity contribution >= 4 is 28.3 Å². The van der Waals surface area contributed by atoms with Crippen LogP contribution < -0.4 is 0 Å². The number of fused-ring (bicyclic) bond motifs is 1. The van der Waals surface area contributed by atoms with Crippen LogP contribution in [-0.2, 0) is 0 Å². The molecule has 2 rings (SSSR count). The Morgan fingerprint density at radius 2 is 2.12 bits per heavy atom. The minimum atomic E-state index is -0.0464. The van der Waals surface area contributed by atoms with Gasteiger partial charge in [-0.1, -0.05) is 17.7 Å². The fraction of sp³-hybridized carbons (Fsp3) is 0.182. The summed E-state index contributed by atoms with van der Waals surface area (Å²) in [6, 6.07) is 5.28. The molecule has 0 N–H and O–H groups in total. The molecule has 0 aliphatic heterocycles. The normalized spacial score (nSPS) is 10.4. The quantitative estimate of drug-likeness (QED) is 0.759. The highest BCUT2D eigenvalue weighted by Crippen LogP contribution is 2.21. The largest absolute Gasteiger partial charge is 0.345 e. The van der Waals surface area contributed by atoms with Crippen molar-refractivity contribution in [3.05, 3.63) is 35.1 Å². The molecule has 1 aromatic carbocycles. The lowest BCUT2D eigenvalue weighted by Gasteiger charge is -2.10. The van der Waals surface area contributed by atoms with Crippen LogP contribution in [0.3, 0.4) is 0 Å². The zero-order chi connectivity index (χ0) is 11.7. The molecule has 5 heteroatoms. The first kappa shape index (κ1) is 10.8. The number of hydrogen-bond donors (Lipinski definition) is 0. The van der Waals surface area contributed by atoms with Gasteiger partial charge < -0.3 is 4.90 Å². The molecule has 2 aromatic rings. The first-order valence-electron chi connectivity index (χ1n) is 4.72. The first-order valence-corrected chi connectivity index (χ1v) is 5.10. The van der Waals surface area contributed by atoms with Crippen LogP contribution in [0.5, 0.6) is 0 Å². The topological polar surface area (TPSA) is 46.1 Å². The third kappa shape index (κ3) is 1.84. The zero-order valence-corrected chi connectivity index (χ0v) is 9.69. The van der Waals surface area contributed by atoms with Crippen LogP contribution in [-0.4, -0.2) is 35.1 Å².